The van der Waals surface area contributed by atoms with Crippen molar-refractivity contribution in [1.29, 1.82) is 0 Å². The molecule has 0 spiro atoms. The Labute approximate surface area is 601 Å². The van der Waals surface area contributed by atoms with Crippen LogP contribution in [0.1, 0.15) is 123 Å². The average Bonchev–Trinajstić information content (AvgIpc) is 1.55. The van der Waals surface area contributed by atoms with E-state index >= 15 is 0 Å². The van der Waals surface area contributed by atoms with Crippen molar-refractivity contribution >= 4 is 60.0 Å². The van der Waals surface area contributed by atoms with Gasteiger partial charge in [-0.05, 0) is 47.4 Å². The summed E-state index contributed by atoms with van der Waals surface area (Å²) in [7, 11) is 0. The molecule has 5 aliphatic rings. The Balaban J connectivity index is 1.08. The van der Waals surface area contributed by atoms with Crippen LogP contribution in [-0.2, 0) is 131 Å². The molecule has 0 aromatic heterocycles. The lowest BCUT2D eigenvalue weighted by Gasteiger charge is -2.48. The summed E-state index contributed by atoms with van der Waals surface area (Å²) in [6.45, 7) is 9.72. The smallest absolute Gasteiger partial charge is 0.410 e. The Kier molecular flexibility index (Phi) is 29.1. The maximum atomic E-state index is 14.8. The molecule has 564 valence electrons. The van der Waals surface area contributed by atoms with Gasteiger partial charge in [-0.1, -0.05) is 161 Å². The zero-order chi connectivity index (χ0) is 74.4. The van der Waals surface area contributed by atoms with Gasteiger partial charge in [-0.15, -0.1) is 0 Å². The zero-order valence-electron chi connectivity index (χ0n) is 59.2. The number of hydrogen-bond donors (Lipinski definition) is 4. The van der Waals surface area contributed by atoms with E-state index < -0.39 is 195 Å². The molecule has 0 radical (unpaired) electrons. The molecule has 30 nitrogen and oxygen atoms in total. The SMILES string of the molecule is CCCCC[C@H]1O[C@H](O[C@H]2[C@H](O[C@@H]3O[C@H](CC)[C@@H](O[C@H]4O[C@@H](CNC(=O)OCc5ccccc5)[C@@H](OC(C)=O)[C@H](OC(C)=O)[C@H]4NC(=O)OCc4ccccc4)[C@H]3OC(C)=O)[C@@H](OC(C)=O)[C@H](CC(=O)[C@H](NC(=O)OCc3ccccc3)OC(C)=O)C[C@@H]2C)[C@H](NC(=O)OCc2ccccc2)[C@H]2O[C@H]21. The molecule has 4 saturated heterocycles. The highest BCUT2D eigenvalue weighted by Gasteiger charge is 2.62. The van der Waals surface area contributed by atoms with E-state index in [1.807, 2.05) is 6.07 Å². The number of unbranched alkanes of at least 4 members (excludes halogenated alkanes) is 2. The average molecular weight is 1450 g/mol. The molecule has 9 rings (SSSR count). The van der Waals surface area contributed by atoms with Crippen molar-refractivity contribution in [1.82, 2.24) is 21.3 Å². The molecule has 4 amide bonds. The first-order valence-electron chi connectivity index (χ1n) is 34.9. The number of nitrogens with one attached hydrogen (secondary N) is 4. The monoisotopic (exact) mass is 1450 g/mol. The molecule has 20 atom stereocenters. The number of ketones is 1. The van der Waals surface area contributed by atoms with Crippen molar-refractivity contribution in [3.8, 4) is 0 Å². The van der Waals surface area contributed by atoms with E-state index in [2.05, 4.69) is 28.2 Å². The summed E-state index contributed by atoms with van der Waals surface area (Å²) in [5.74, 6) is -7.21. The number of amides is 4. The van der Waals surface area contributed by atoms with Gasteiger partial charge in [-0.25, -0.2) is 19.2 Å². The fourth-order valence-corrected chi connectivity index (χ4v) is 13.2. The summed E-state index contributed by atoms with van der Waals surface area (Å²) in [4.78, 5) is 136. The van der Waals surface area contributed by atoms with Crippen LogP contribution in [0, 0.1) is 11.8 Å². The highest BCUT2D eigenvalue weighted by molar-refractivity contribution is 5.88. The number of fused-ring (bicyclic) bond motifs is 1. The number of epoxide rings is 1. The number of carbonyl (C=O) groups is 10. The molecule has 1 aliphatic carbocycles. The normalized spacial score (nSPS) is 28.4. The van der Waals surface area contributed by atoms with Crippen molar-refractivity contribution in [2.75, 3.05) is 6.54 Å². The molecular weight excluding hydrogens is 1360 g/mol. The molecule has 4 aromatic carbocycles. The molecule has 104 heavy (non-hydrogen) atoms. The second kappa shape index (κ2) is 38.5. The number of benzene rings is 4. The van der Waals surface area contributed by atoms with E-state index in [4.69, 9.17) is 75.8 Å². The number of ether oxygens (including phenoxy) is 16. The molecule has 4 aromatic rings. The fourth-order valence-electron chi connectivity index (χ4n) is 13.2. The van der Waals surface area contributed by atoms with Crippen LogP contribution in [0.4, 0.5) is 19.2 Å². The first kappa shape index (κ1) is 78.8. The minimum Gasteiger partial charge on any atom is -0.459 e. The topological polar surface area (TPSA) is 370 Å². The quantitative estimate of drug-likeness (QED) is 0.0119. The Bertz CT molecular complexity index is 3510. The minimum absolute atomic E-state index is 0.00606. The van der Waals surface area contributed by atoms with Crippen LogP contribution in [0.3, 0.4) is 0 Å². The second-order valence-corrected chi connectivity index (χ2v) is 25.9. The Morgan fingerprint density at radius 2 is 0.894 bits per heavy atom. The van der Waals surface area contributed by atoms with Gasteiger partial charge in [0.1, 0.15) is 75.1 Å². The number of esters is 5. The van der Waals surface area contributed by atoms with Gasteiger partial charge >= 0.3 is 54.2 Å². The minimum atomic E-state index is -1.92. The molecule has 1 saturated carbocycles. The van der Waals surface area contributed by atoms with Crippen molar-refractivity contribution < 1.29 is 124 Å². The zero-order valence-corrected chi connectivity index (χ0v) is 59.2. The van der Waals surface area contributed by atoms with E-state index in [-0.39, 0.29) is 39.3 Å². The van der Waals surface area contributed by atoms with Gasteiger partial charge < -0.3 is 91.7 Å². The van der Waals surface area contributed by atoms with Crippen molar-refractivity contribution in [3.05, 3.63) is 144 Å². The van der Waals surface area contributed by atoms with Crippen LogP contribution in [0.25, 0.3) is 0 Å². The largest absolute Gasteiger partial charge is 0.459 e. The van der Waals surface area contributed by atoms with E-state index in [0.29, 0.717) is 28.7 Å². The summed E-state index contributed by atoms with van der Waals surface area (Å²) < 4.78 is 99.4. The summed E-state index contributed by atoms with van der Waals surface area (Å²) in [6.07, 6.45) is -23.5. The predicted octanol–water partition coefficient (Wildman–Crippen LogP) is 7.75. The number of Topliss-reactive ketones (excluding diaryl/α,β-unsaturated/α-hetero) is 1. The van der Waals surface area contributed by atoms with E-state index in [0.717, 1.165) is 53.9 Å². The molecule has 4 aliphatic heterocycles. The van der Waals surface area contributed by atoms with Gasteiger partial charge in [0.15, 0.2) is 43.0 Å². The molecule has 4 heterocycles. The van der Waals surface area contributed by atoms with Gasteiger partial charge in [0, 0.05) is 47.0 Å². The summed E-state index contributed by atoms with van der Waals surface area (Å²) in [5, 5.41) is 10.5. The van der Waals surface area contributed by atoms with Crippen LogP contribution < -0.4 is 21.3 Å². The Hall–Kier alpha value is -9.30. The first-order valence-corrected chi connectivity index (χ1v) is 34.9. The van der Waals surface area contributed by atoms with E-state index in [9.17, 15) is 47.9 Å². The third-order valence-electron chi connectivity index (χ3n) is 17.9. The van der Waals surface area contributed by atoms with E-state index in [1.54, 1.807) is 129 Å². The van der Waals surface area contributed by atoms with Crippen molar-refractivity contribution in [3.63, 3.8) is 0 Å². The Morgan fingerprint density at radius 1 is 0.442 bits per heavy atom. The molecule has 4 N–H and O–H groups in total. The van der Waals surface area contributed by atoms with Gasteiger partial charge in [-0.3, -0.25) is 34.1 Å². The summed E-state index contributed by atoms with van der Waals surface area (Å²) in [6, 6.07) is 32.4. The second-order valence-electron chi connectivity index (χ2n) is 25.9. The van der Waals surface area contributed by atoms with Crippen molar-refractivity contribution in [2.45, 2.75) is 237 Å². The standard InChI is InChI=1S/C74H92N4O26/c1-9-11-16-33-54-61-64(101-61)57(77-73(87)91-39-49-29-21-14-22-30-49)68(99-54)102-58-41(3)34-51(35-52(84)67(97-46(8)83)78-74(88)92-40-50-31-23-15-24-32-50)59(93-42(4)79)65(58)104-70-66(96-45(7)82)60(53(10-2)98-70)103-69-56(76-72(86)90-38-48-27-19-13-20-28-48)63(95-44(6)81)62(94-43(5)80)55(100-69)36-75-71(85)89-37-47-25-17-12-18-26-47/h12-15,17-32,41,51,53-70H,9-11,16,33-40H2,1-8H3,(H,75,85)(H,76,86)(H,77,87)(H,78,88)/t41-,51-,53+,54+,55-,56+,57+,58+,59-,60+,61-,62+,63+,64+,65-,66+,67+,68+,69+,70-/m0/s1. The Morgan fingerprint density at radius 3 is 1.41 bits per heavy atom. The van der Waals surface area contributed by atoms with E-state index in [1.165, 1.54) is 0 Å². The number of hydrogen-bond acceptors (Lipinski definition) is 26. The molecular formula is C74H92N4O26. The van der Waals surface area contributed by atoms with Crippen LogP contribution >= 0.6 is 0 Å². The molecule has 0 unspecified atom stereocenters. The highest BCUT2D eigenvalue weighted by Crippen LogP contribution is 2.45. The number of alkyl carbamates (subject to hydrolysis) is 4. The van der Waals surface area contributed by atoms with Crippen molar-refractivity contribution in [2.24, 2.45) is 11.8 Å². The fraction of sp³-hybridized carbons (Fsp3) is 0.541. The van der Waals surface area contributed by atoms with Crippen LogP contribution in [0.5, 0.6) is 0 Å². The maximum absolute atomic E-state index is 14.8. The summed E-state index contributed by atoms with van der Waals surface area (Å²) in [5.41, 5.74) is 2.57. The van der Waals surface area contributed by atoms with Crippen LogP contribution in [0.2, 0.25) is 0 Å². The van der Waals surface area contributed by atoms with Gasteiger partial charge in [0.05, 0.1) is 24.9 Å². The van der Waals surface area contributed by atoms with Crippen LogP contribution in [0.15, 0.2) is 121 Å². The third-order valence-corrected chi connectivity index (χ3v) is 17.9. The molecule has 5 fully saturated rings. The lowest BCUT2D eigenvalue weighted by molar-refractivity contribution is -0.300. The lowest BCUT2D eigenvalue weighted by atomic mass is 9.74. The third kappa shape index (κ3) is 22.8. The van der Waals surface area contributed by atoms with Crippen LogP contribution in [-0.4, -0.2) is 177 Å². The number of rotatable bonds is 32. The summed E-state index contributed by atoms with van der Waals surface area (Å²) >= 11 is 0. The predicted molar refractivity (Wildman–Crippen MR) is 360 cm³/mol. The molecule has 0 bridgehead atoms. The first-order chi connectivity index (χ1) is 50.0. The highest BCUT2D eigenvalue weighted by atomic mass is 16.8. The van der Waals surface area contributed by atoms with Gasteiger partial charge in [0.2, 0.25) is 6.23 Å². The molecule has 30 heteroatoms. The van der Waals surface area contributed by atoms with Gasteiger partial charge in [-0.2, -0.15) is 0 Å². The lowest BCUT2D eigenvalue weighted by Crippen LogP contribution is -2.68. The number of carbonyl (C=O) groups excluding carboxylic acids is 10. The van der Waals surface area contributed by atoms with Gasteiger partial charge in [0.25, 0.3) is 0 Å². The maximum Gasteiger partial charge on any atom is 0.410 e.